The molecule has 0 bridgehead atoms. The lowest BCUT2D eigenvalue weighted by molar-refractivity contribution is -0.151. The van der Waals surface area contributed by atoms with E-state index in [1.54, 1.807) is 0 Å². The predicted octanol–water partition coefficient (Wildman–Crippen LogP) is 3.14. The molecule has 1 rings (SSSR count). The van der Waals surface area contributed by atoms with Gasteiger partial charge in [0, 0.05) is 6.04 Å². The second kappa shape index (κ2) is 6.39. The Morgan fingerprint density at radius 2 is 1.88 bits per heavy atom. The van der Waals surface area contributed by atoms with Crippen molar-refractivity contribution in [2.24, 2.45) is 5.41 Å². The molecule has 0 aromatic rings. The molecule has 1 fully saturated rings. The van der Waals surface area contributed by atoms with E-state index in [1.807, 2.05) is 0 Å². The second-order valence-electron chi connectivity index (χ2n) is 5.82. The van der Waals surface area contributed by atoms with E-state index in [0.29, 0.717) is 6.04 Å². The number of nitrogens with zero attached hydrogens (tertiary/aromatic N) is 1. The molecule has 0 aliphatic heterocycles. The SMILES string of the molecule is CC(C)N(C)CCCC1(C(=O)O)CCCCC1. The van der Waals surface area contributed by atoms with E-state index in [4.69, 9.17) is 0 Å². The monoisotopic (exact) mass is 241 g/mol. The van der Waals surface area contributed by atoms with Gasteiger partial charge in [-0.2, -0.15) is 0 Å². The minimum Gasteiger partial charge on any atom is -0.481 e. The summed E-state index contributed by atoms with van der Waals surface area (Å²) in [6.45, 7) is 5.36. The van der Waals surface area contributed by atoms with Crippen LogP contribution in [0.2, 0.25) is 0 Å². The summed E-state index contributed by atoms with van der Waals surface area (Å²) >= 11 is 0. The van der Waals surface area contributed by atoms with Gasteiger partial charge in [0.2, 0.25) is 0 Å². The molecule has 0 unspecified atom stereocenters. The quantitative estimate of drug-likeness (QED) is 0.776. The third-order valence-corrected chi connectivity index (χ3v) is 4.31. The Morgan fingerprint density at radius 1 is 1.29 bits per heavy atom. The number of hydrogen-bond acceptors (Lipinski definition) is 2. The molecule has 0 saturated heterocycles. The summed E-state index contributed by atoms with van der Waals surface area (Å²) in [6.07, 6.45) is 7.00. The molecule has 100 valence electrons. The Balaban J connectivity index is 2.42. The van der Waals surface area contributed by atoms with Gasteiger partial charge in [0.05, 0.1) is 5.41 Å². The van der Waals surface area contributed by atoms with Gasteiger partial charge < -0.3 is 10.0 Å². The molecule has 1 aliphatic rings. The number of rotatable bonds is 6. The van der Waals surface area contributed by atoms with E-state index in [1.165, 1.54) is 6.42 Å². The highest BCUT2D eigenvalue weighted by Gasteiger charge is 2.38. The van der Waals surface area contributed by atoms with Crippen LogP contribution in [0.3, 0.4) is 0 Å². The van der Waals surface area contributed by atoms with Gasteiger partial charge in [-0.25, -0.2) is 0 Å². The number of carbonyl (C=O) groups is 1. The van der Waals surface area contributed by atoms with Gasteiger partial charge in [0.25, 0.3) is 0 Å². The van der Waals surface area contributed by atoms with Gasteiger partial charge in [-0.1, -0.05) is 19.3 Å². The lowest BCUT2D eigenvalue weighted by Crippen LogP contribution is -2.35. The zero-order valence-corrected chi connectivity index (χ0v) is 11.5. The van der Waals surface area contributed by atoms with E-state index < -0.39 is 11.4 Å². The molecule has 1 N–H and O–H groups in total. The van der Waals surface area contributed by atoms with Gasteiger partial charge in [0.15, 0.2) is 0 Å². The molecular formula is C14H27NO2. The van der Waals surface area contributed by atoms with E-state index in [9.17, 15) is 9.90 Å². The van der Waals surface area contributed by atoms with Crippen LogP contribution < -0.4 is 0 Å². The van der Waals surface area contributed by atoms with Crippen LogP contribution in [0.15, 0.2) is 0 Å². The summed E-state index contributed by atoms with van der Waals surface area (Å²) in [6, 6.07) is 0.544. The molecule has 0 aromatic carbocycles. The highest BCUT2D eigenvalue weighted by Crippen LogP contribution is 2.40. The fourth-order valence-electron chi connectivity index (χ4n) is 2.72. The van der Waals surface area contributed by atoms with Crippen LogP contribution in [0.25, 0.3) is 0 Å². The largest absolute Gasteiger partial charge is 0.481 e. The molecule has 3 nitrogen and oxygen atoms in total. The molecule has 3 heteroatoms. The number of hydrogen-bond donors (Lipinski definition) is 1. The van der Waals surface area contributed by atoms with Crippen LogP contribution in [-0.2, 0) is 4.79 Å². The summed E-state index contributed by atoms with van der Waals surface area (Å²) in [4.78, 5) is 13.8. The molecule has 0 radical (unpaired) electrons. The highest BCUT2D eigenvalue weighted by molar-refractivity contribution is 5.74. The van der Waals surface area contributed by atoms with Crippen molar-refractivity contribution in [3.8, 4) is 0 Å². The molecule has 1 saturated carbocycles. The maximum atomic E-state index is 11.5. The summed E-state index contributed by atoms with van der Waals surface area (Å²) in [7, 11) is 2.11. The first-order chi connectivity index (χ1) is 7.98. The van der Waals surface area contributed by atoms with E-state index in [2.05, 4.69) is 25.8 Å². The predicted molar refractivity (Wildman–Crippen MR) is 70.2 cm³/mol. The van der Waals surface area contributed by atoms with Crippen molar-refractivity contribution < 1.29 is 9.90 Å². The Bertz CT molecular complexity index is 245. The summed E-state index contributed by atoms with van der Waals surface area (Å²) in [5.74, 6) is -0.565. The number of carboxylic acids is 1. The molecule has 0 heterocycles. The van der Waals surface area contributed by atoms with Crippen LogP contribution in [-0.4, -0.2) is 35.6 Å². The summed E-state index contributed by atoms with van der Waals surface area (Å²) in [5.41, 5.74) is -0.407. The van der Waals surface area contributed by atoms with Gasteiger partial charge in [-0.05, 0) is 53.1 Å². The number of carboxylic acid groups (broad SMARTS) is 1. The average Bonchev–Trinajstić information content (AvgIpc) is 2.29. The van der Waals surface area contributed by atoms with Gasteiger partial charge in [0.1, 0.15) is 0 Å². The highest BCUT2D eigenvalue weighted by atomic mass is 16.4. The first-order valence-electron chi connectivity index (χ1n) is 6.91. The van der Waals surface area contributed by atoms with E-state index in [-0.39, 0.29) is 0 Å². The van der Waals surface area contributed by atoms with Crippen molar-refractivity contribution >= 4 is 5.97 Å². The average molecular weight is 241 g/mol. The van der Waals surface area contributed by atoms with Crippen molar-refractivity contribution in [3.63, 3.8) is 0 Å². The van der Waals surface area contributed by atoms with Gasteiger partial charge in [-0.3, -0.25) is 4.79 Å². The summed E-state index contributed by atoms with van der Waals surface area (Å²) < 4.78 is 0. The van der Waals surface area contributed by atoms with Gasteiger partial charge >= 0.3 is 5.97 Å². The molecule has 0 aromatic heterocycles. The number of aliphatic carboxylic acids is 1. The Labute approximate surface area is 105 Å². The normalized spacial score (nSPS) is 19.8. The topological polar surface area (TPSA) is 40.5 Å². The fourth-order valence-corrected chi connectivity index (χ4v) is 2.72. The minimum absolute atomic E-state index is 0.407. The first-order valence-corrected chi connectivity index (χ1v) is 6.91. The van der Waals surface area contributed by atoms with Crippen LogP contribution in [0, 0.1) is 5.41 Å². The maximum Gasteiger partial charge on any atom is 0.309 e. The summed E-state index contributed by atoms with van der Waals surface area (Å²) in [5, 5.41) is 9.45. The van der Waals surface area contributed by atoms with Crippen LogP contribution in [0.1, 0.15) is 58.8 Å². The smallest absolute Gasteiger partial charge is 0.309 e. The molecule has 1 aliphatic carbocycles. The minimum atomic E-state index is -0.565. The standard InChI is InChI=1S/C14H27NO2/c1-12(2)15(3)11-7-10-14(13(16)17)8-5-4-6-9-14/h12H,4-11H2,1-3H3,(H,16,17). The van der Waals surface area contributed by atoms with Crippen molar-refractivity contribution in [3.05, 3.63) is 0 Å². The second-order valence-corrected chi connectivity index (χ2v) is 5.82. The Morgan fingerprint density at radius 3 is 2.35 bits per heavy atom. The Hall–Kier alpha value is -0.570. The molecule has 17 heavy (non-hydrogen) atoms. The fraction of sp³-hybridized carbons (Fsp3) is 0.929. The molecular weight excluding hydrogens is 214 g/mol. The van der Waals surface area contributed by atoms with Crippen LogP contribution in [0.4, 0.5) is 0 Å². The molecule has 0 spiro atoms. The third kappa shape index (κ3) is 3.98. The maximum absolute atomic E-state index is 11.5. The Kier molecular flexibility index (Phi) is 5.44. The zero-order valence-electron chi connectivity index (χ0n) is 11.5. The molecule has 0 atom stereocenters. The van der Waals surface area contributed by atoms with Gasteiger partial charge in [-0.15, -0.1) is 0 Å². The van der Waals surface area contributed by atoms with Crippen LogP contribution >= 0.6 is 0 Å². The van der Waals surface area contributed by atoms with E-state index >= 15 is 0 Å². The lowest BCUT2D eigenvalue weighted by atomic mass is 9.71. The lowest BCUT2D eigenvalue weighted by Gasteiger charge is -2.34. The van der Waals surface area contributed by atoms with Crippen LogP contribution in [0.5, 0.6) is 0 Å². The van der Waals surface area contributed by atoms with Crippen molar-refractivity contribution in [2.45, 2.75) is 64.8 Å². The molecule has 0 amide bonds. The first kappa shape index (κ1) is 14.5. The van der Waals surface area contributed by atoms with Crippen molar-refractivity contribution in [2.75, 3.05) is 13.6 Å². The van der Waals surface area contributed by atoms with Crippen molar-refractivity contribution in [1.29, 1.82) is 0 Å². The third-order valence-electron chi connectivity index (χ3n) is 4.31. The van der Waals surface area contributed by atoms with E-state index in [0.717, 1.165) is 45.1 Å². The zero-order chi connectivity index (χ0) is 12.9. The van der Waals surface area contributed by atoms with Crippen molar-refractivity contribution in [1.82, 2.24) is 4.90 Å².